The van der Waals surface area contributed by atoms with E-state index in [-0.39, 0.29) is 18.5 Å². The maximum Gasteiger partial charge on any atom is 0.188 e. The van der Waals surface area contributed by atoms with Crippen molar-refractivity contribution in [2.24, 2.45) is 5.92 Å². The zero-order valence-corrected chi connectivity index (χ0v) is 12.5. The minimum Gasteiger partial charge on any atom is -0.370 e. The number of Topliss-reactive ketones (excluding diaryl/α,β-unsaturated/α-hetero) is 1. The van der Waals surface area contributed by atoms with E-state index in [0.29, 0.717) is 5.92 Å². The van der Waals surface area contributed by atoms with Crippen molar-refractivity contribution in [2.45, 2.75) is 43.6 Å². The Morgan fingerprint density at radius 1 is 1.26 bits per heavy atom. The van der Waals surface area contributed by atoms with E-state index in [4.69, 9.17) is 4.74 Å². The molecule has 0 bridgehead atoms. The van der Waals surface area contributed by atoms with Crippen LogP contribution in [0.3, 0.4) is 0 Å². The number of hydrogen-bond donors (Lipinski definition) is 0. The second-order valence-electron chi connectivity index (χ2n) is 5.26. The van der Waals surface area contributed by atoms with Gasteiger partial charge in [0.05, 0.1) is 6.10 Å². The van der Waals surface area contributed by atoms with Crippen LogP contribution in [0, 0.1) is 5.92 Å². The van der Waals surface area contributed by atoms with E-state index in [1.165, 1.54) is 24.2 Å². The van der Waals surface area contributed by atoms with Crippen LogP contribution in [0.2, 0.25) is 0 Å². The number of ether oxygens (including phenoxy) is 1. The fourth-order valence-corrected chi connectivity index (χ4v) is 2.98. The summed E-state index contributed by atoms with van der Waals surface area (Å²) in [5.74, 6) is 0.672. The van der Waals surface area contributed by atoms with E-state index >= 15 is 0 Å². The van der Waals surface area contributed by atoms with Crippen LogP contribution >= 0.6 is 11.8 Å². The second kappa shape index (κ2) is 7.11. The predicted octanol–water partition coefficient (Wildman–Crippen LogP) is 4.19. The molecule has 2 atom stereocenters. The third-order valence-electron chi connectivity index (χ3n) is 3.87. The van der Waals surface area contributed by atoms with Gasteiger partial charge in [-0.25, -0.2) is 0 Å². The Hall–Kier alpha value is -0.800. The fourth-order valence-electron chi connectivity index (χ4n) is 2.57. The summed E-state index contributed by atoms with van der Waals surface area (Å²) in [6.07, 6.45) is 7.14. The summed E-state index contributed by atoms with van der Waals surface area (Å²) in [6.45, 7) is 2.44. The maximum absolute atomic E-state index is 12.1. The lowest BCUT2D eigenvalue weighted by molar-refractivity contribution is 0.000748. The fraction of sp³-hybridized carbons (Fsp3) is 0.562. The molecule has 0 spiro atoms. The Labute approximate surface area is 119 Å². The number of ketones is 1. The molecule has 2 unspecified atom stereocenters. The molecule has 1 aliphatic carbocycles. The van der Waals surface area contributed by atoms with Crippen molar-refractivity contribution in [1.82, 2.24) is 0 Å². The van der Waals surface area contributed by atoms with Gasteiger partial charge in [0.25, 0.3) is 0 Å². The molecule has 0 saturated heterocycles. The maximum atomic E-state index is 12.1. The van der Waals surface area contributed by atoms with Crippen LogP contribution in [0.4, 0.5) is 0 Å². The van der Waals surface area contributed by atoms with E-state index in [1.807, 2.05) is 30.5 Å². The lowest BCUT2D eigenvalue weighted by Gasteiger charge is -2.28. The highest BCUT2D eigenvalue weighted by Crippen LogP contribution is 2.26. The highest BCUT2D eigenvalue weighted by Gasteiger charge is 2.22. The monoisotopic (exact) mass is 278 g/mol. The van der Waals surface area contributed by atoms with Gasteiger partial charge in [-0.3, -0.25) is 4.79 Å². The molecule has 1 aliphatic rings. The molecule has 2 nitrogen and oxygen atoms in total. The van der Waals surface area contributed by atoms with Crippen molar-refractivity contribution in [3.8, 4) is 0 Å². The lowest BCUT2D eigenvalue weighted by atomic mass is 9.88. The molecule has 19 heavy (non-hydrogen) atoms. The van der Waals surface area contributed by atoms with Crippen molar-refractivity contribution >= 4 is 17.5 Å². The van der Waals surface area contributed by atoms with Gasteiger partial charge >= 0.3 is 0 Å². The standard InChI is InChI=1S/C16H22O2S/c1-12-5-3-4-6-16(12)18-11-15(17)13-7-9-14(19-2)10-8-13/h7-10,12,16H,3-6,11H2,1-2H3. The Morgan fingerprint density at radius 3 is 2.58 bits per heavy atom. The third-order valence-corrected chi connectivity index (χ3v) is 4.62. The molecule has 0 aliphatic heterocycles. The average molecular weight is 278 g/mol. The summed E-state index contributed by atoms with van der Waals surface area (Å²) in [5, 5.41) is 0. The van der Waals surface area contributed by atoms with Crippen molar-refractivity contribution in [3.05, 3.63) is 29.8 Å². The lowest BCUT2D eigenvalue weighted by Crippen LogP contribution is -2.27. The molecule has 0 aromatic heterocycles. The van der Waals surface area contributed by atoms with Gasteiger partial charge in [-0.2, -0.15) is 0 Å². The van der Waals surface area contributed by atoms with E-state index < -0.39 is 0 Å². The van der Waals surface area contributed by atoms with E-state index in [9.17, 15) is 4.79 Å². The number of thioether (sulfide) groups is 1. The minimum absolute atomic E-state index is 0.0884. The van der Waals surface area contributed by atoms with E-state index in [2.05, 4.69) is 6.92 Å². The highest BCUT2D eigenvalue weighted by molar-refractivity contribution is 7.98. The smallest absolute Gasteiger partial charge is 0.188 e. The molecule has 1 fully saturated rings. The van der Waals surface area contributed by atoms with Gasteiger partial charge in [-0.15, -0.1) is 11.8 Å². The number of carbonyl (C=O) groups excluding carboxylic acids is 1. The van der Waals surface area contributed by atoms with Crippen LogP contribution in [0.1, 0.15) is 43.0 Å². The molecule has 0 heterocycles. The number of carbonyl (C=O) groups is 1. The van der Waals surface area contributed by atoms with Gasteiger partial charge in [0.1, 0.15) is 6.61 Å². The second-order valence-corrected chi connectivity index (χ2v) is 6.14. The Bertz CT molecular complexity index is 413. The van der Waals surface area contributed by atoms with E-state index in [0.717, 1.165) is 12.0 Å². The van der Waals surface area contributed by atoms with Gasteiger partial charge in [-0.1, -0.05) is 31.9 Å². The topological polar surface area (TPSA) is 26.3 Å². The zero-order valence-electron chi connectivity index (χ0n) is 11.7. The Balaban J connectivity index is 1.86. The van der Waals surface area contributed by atoms with Gasteiger partial charge in [0, 0.05) is 10.5 Å². The molecular weight excluding hydrogens is 256 g/mol. The quantitative estimate of drug-likeness (QED) is 0.597. The normalized spacial score (nSPS) is 23.3. The van der Waals surface area contributed by atoms with Crippen LogP contribution in [0.25, 0.3) is 0 Å². The molecule has 0 N–H and O–H groups in total. The van der Waals surface area contributed by atoms with Crippen LogP contribution in [-0.4, -0.2) is 24.7 Å². The van der Waals surface area contributed by atoms with Gasteiger partial charge < -0.3 is 4.74 Å². The average Bonchev–Trinajstić information content (AvgIpc) is 2.46. The minimum atomic E-state index is 0.0884. The highest BCUT2D eigenvalue weighted by atomic mass is 32.2. The summed E-state index contributed by atoms with van der Waals surface area (Å²) < 4.78 is 5.81. The third kappa shape index (κ3) is 4.08. The van der Waals surface area contributed by atoms with Crippen LogP contribution in [0.5, 0.6) is 0 Å². The first-order valence-electron chi connectivity index (χ1n) is 6.99. The summed E-state index contributed by atoms with van der Waals surface area (Å²) in [6, 6.07) is 7.76. The van der Waals surface area contributed by atoms with Crippen LogP contribution in [0.15, 0.2) is 29.2 Å². The van der Waals surface area contributed by atoms with Crippen molar-refractivity contribution in [3.63, 3.8) is 0 Å². The van der Waals surface area contributed by atoms with Gasteiger partial charge in [0.15, 0.2) is 5.78 Å². The summed E-state index contributed by atoms with van der Waals surface area (Å²) in [4.78, 5) is 13.2. The van der Waals surface area contributed by atoms with Crippen LogP contribution in [-0.2, 0) is 4.74 Å². The molecule has 0 radical (unpaired) electrons. The molecule has 1 saturated carbocycles. The van der Waals surface area contributed by atoms with Gasteiger partial charge in [0.2, 0.25) is 0 Å². The molecule has 0 amide bonds. The van der Waals surface area contributed by atoms with Crippen LogP contribution < -0.4 is 0 Å². The number of hydrogen-bond acceptors (Lipinski definition) is 3. The largest absolute Gasteiger partial charge is 0.370 e. The number of benzene rings is 1. The van der Waals surface area contributed by atoms with E-state index in [1.54, 1.807) is 11.8 Å². The van der Waals surface area contributed by atoms with Gasteiger partial charge in [-0.05, 0) is 37.1 Å². The predicted molar refractivity (Wildman–Crippen MR) is 79.9 cm³/mol. The zero-order chi connectivity index (χ0) is 13.7. The molecule has 3 heteroatoms. The SMILES string of the molecule is CSc1ccc(C(=O)COC2CCCCC2C)cc1. The summed E-state index contributed by atoms with van der Waals surface area (Å²) >= 11 is 1.68. The van der Waals surface area contributed by atoms with Crippen molar-refractivity contribution in [2.75, 3.05) is 12.9 Å². The molecule has 2 rings (SSSR count). The van der Waals surface area contributed by atoms with Crippen molar-refractivity contribution < 1.29 is 9.53 Å². The first-order chi connectivity index (χ1) is 9.20. The molecule has 1 aromatic rings. The van der Waals surface area contributed by atoms with Crippen molar-refractivity contribution in [1.29, 1.82) is 0 Å². The number of rotatable bonds is 5. The molecule has 1 aromatic carbocycles. The molecular formula is C16H22O2S. The Kier molecular flexibility index (Phi) is 5.46. The molecule has 104 valence electrons. The first-order valence-corrected chi connectivity index (χ1v) is 8.22. The first kappa shape index (κ1) is 14.6. The Morgan fingerprint density at radius 2 is 1.95 bits per heavy atom. The summed E-state index contributed by atoms with van der Waals surface area (Å²) in [7, 11) is 0. The summed E-state index contributed by atoms with van der Waals surface area (Å²) in [5.41, 5.74) is 0.751.